The summed E-state index contributed by atoms with van der Waals surface area (Å²) in [5.41, 5.74) is 3.23. The molecule has 0 unspecified atom stereocenters. The summed E-state index contributed by atoms with van der Waals surface area (Å²) in [6, 6.07) is 8.11. The van der Waals surface area contributed by atoms with Crippen LogP contribution in [0.25, 0.3) is 22.2 Å². The number of methoxy groups -OCH3 is 1. The zero-order valence-electron chi connectivity index (χ0n) is 19.9. The minimum Gasteiger partial charge on any atom is -0.496 e. The zero-order valence-corrected chi connectivity index (χ0v) is 19.9. The van der Waals surface area contributed by atoms with Crippen LogP contribution >= 0.6 is 0 Å². The van der Waals surface area contributed by atoms with E-state index in [4.69, 9.17) is 29.2 Å². The van der Waals surface area contributed by atoms with Crippen molar-refractivity contribution < 1.29 is 19.3 Å². The van der Waals surface area contributed by atoms with Gasteiger partial charge in [-0.15, -0.1) is 0 Å². The van der Waals surface area contributed by atoms with Gasteiger partial charge in [-0.05, 0) is 38.1 Å². The Bertz CT molecular complexity index is 1170. The Morgan fingerprint density at radius 2 is 1.76 bits per heavy atom. The van der Waals surface area contributed by atoms with Gasteiger partial charge in [0.15, 0.2) is 0 Å². The van der Waals surface area contributed by atoms with E-state index in [1.54, 1.807) is 7.11 Å². The number of nitrogens with zero attached hydrogens (tertiary/aromatic N) is 5. The Morgan fingerprint density at radius 3 is 2.44 bits per heavy atom. The quantitative estimate of drug-likeness (QED) is 0.610. The summed E-state index contributed by atoms with van der Waals surface area (Å²) in [5.74, 6) is 2.25. The van der Waals surface area contributed by atoms with E-state index in [2.05, 4.69) is 23.6 Å². The summed E-state index contributed by atoms with van der Waals surface area (Å²) >= 11 is 0. The number of ether oxygens (including phenoxy) is 3. The third-order valence-corrected chi connectivity index (χ3v) is 6.56. The fourth-order valence-electron chi connectivity index (χ4n) is 4.63. The molecule has 0 amide bonds. The SMILES string of the molecule is COc1ccc(-c2cc3nc(N4CCOC[C@@H]4C)nc(N4CCOC[C@@H]4C)c3cn2)cc1CO. The highest BCUT2D eigenvalue weighted by Gasteiger charge is 2.27. The molecular weight excluding hydrogens is 434 g/mol. The molecule has 0 saturated carbocycles. The number of benzene rings is 1. The molecule has 180 valence electrons. The predicted octanol–water partition coefficient (Wildman–Crippen LogP) is 2.64. The molecule has 9 heteroatoms. The molecule has 4 heterocycles. The monoisotopic (exact) mass is 465 g/mol. The van der Waals surface area contributed by atoms with Crippen molar-refractivity contribution >= 4 is 22.7 Å². The maximum Gasteiger partial charge on any atom is 0.228 e. The Balaban J connectivity index is 1.64. The second kappa shape index (κ2) is 9.69. The first kappa shape index (κ1) is 22.8. The van der Waals surface area contributed by atoms with Crippen molar-refractivity contribution in [2.75, 3.05) is 56.4 Å². The first-order valence-electron chi connectivity index (χ1n) is 11.7. The van der Waals surface area contributed by atoms with Crippen LogP contribution in [-0.4, -0.2) is 78.8 Å². The normalized spacial score (nSPS) is 21.2. The van der Waals surface area contributed by atoms with Crippen molar-refractivity contribution in [2.24, 2.45) is 0 Å². The first-order valence-corrected chi connectivity index (χ1v) is 11.7. The molecule has 3 aromatic rings. The number of anilines is 2. The number of morpholine rings is 2. The highest BCUT2D eigenvalue weighted by Crippen LogP contribution is 2.33. The molecule has 2 aliphatic heterocycles. The second-order valence-corrected chi connectivity index (χ2v) is 8.85. The summed E-state index contributed by atoms with van der Waals surface area (Å²) < 4.78 is 16.7. The van der Waals surface area contributed by atoms with E-state index < -0.39 is 0 Å². The zero-order chi connectivity index (χ0) is 23.7. The molecule has 2 aromatic heterocycles. The third-order valence-electron chi connectivity index (χ3n) is 6.56. The summed E-state index contributed by atoms with van der Waals surface area (Å²) in [7, 11) is 1.60. The van der Waals surface area contributed by atoms with E-state index in [1.807, 2.05) is 30.5 Å². The topological polar surface area (TPSA) is 93.1 Å². The van der Waals surface area contributed by atoms with Crippen LogP contribution in [-0.2, 0) is 16.1 Å². The molecule has 5 rings (SSSR count). The van der Waals surface area contributed by atoms with E-state index >= 15 is 0 Å². The number of aromatic nitrogens is 3. The number of aliphatic hydroxyl groups is 1. The van der Waals surface area contributed by atoms with Gasteiger partial charge in [0.2, 0.25) is 5.95 Å². The van der Waals surface area contributed by atoms with Gasteiger partial charge in [-0.1, -0.05) is 0 Å². The van der Waals surface area contributed by atoms with Crippen LogP contribution in [0.5, 0.6) is 5.75 Å². The summed E-state index contributed by atoms with van der Waals surface area (Å²) in [4.78, 5) is 19.3. The lowest BCUT2D eigenvalue weighted by atomic mass is 10.1. The van der Waals surface area contributed by atoms with Gasteiger partial charge in [0.1, 0.15) is 11.6 Å². The maximum absolute atomic E-state index is 9.75. The van der Waals surface area contributed by atoms with Crippen molar-refractivity contribution in [1.29, 1.82) is 0 Å². The smallest absolute Gasteiger partial charge is 0.228 e. The van der Waals surface area contributed by atoms with Gasteiger partial charge in [-0.25, -0.2) is 4.98 Å². The highest BCUT2D eigenvalue weighted by atomic mass is 16.5. The van der Waals surface area contributed by atoms with Gasteiger partial charge in [0, 0.05) is 30.4 Å². The minimum atomic E-state index is -0.106. The standard InChI is InChI=1S/C25H31N5O4/c1-16-14-33-8-6-29(16)24-20-12-26-21(18-4-5-23(32-3)19(10-18)13-31)11-22(20)27-25(28-24)30-7-9-34-15-17(30)2/h4-5,10-12,16-17,31H,6-9,13-15H2,1-3H3/t16-,17-/m0/s1. The van der Waals surface area contributed by atoms with Crippen LogP contribution in [0.15, 0.2) is 30.5 Å². The molecular formula is C25H31N5O4. The average Bonchev–Trinajstić information content (AvgIpc) is 2.88. The van der Waals surface area contributed by atoms with E-state index in [0.29, 0.717) is 38.1 Å². The van der Waals surface area contributed by atoms with Crippen LogP contribution in [0.2, 0.25) is 0 Å². The highest BCUT2D eigenvalue weighted by molar-refractivity contribution is 5.92. The van der Waals surface area contributed by atoms with Crippen LogP contribution < -0.4 is 14.5 Å². The van der Waals surface area contributed by atoms with Gasteiger partial charge in [0.05, 0.1) is 68.8 Å². The van der Waals surface area contributed by atoms with Crippen LogP contribution in [0.1, 0.15) is 19.4 Å². The largest absolute Gasteiger partial charge is 0.496 e. The fraction of sp³-hybridized carbons (Fsp3) is 0.480. The molecule has 9 nitrogen and oxygen atoms in total. The number of fused-ring (bicyclic) bond motifs is 1. The molecule has 0 radical (unpaired) electrons. The second-order valence-electron chi connectivity index (χ2n) is 8.85. The molecule has 2 saturated heterocycles. The Morgan fingerprint density at radius 1 is 1.03 bits per heavy atom. The lowest BCUT2D eigenvalue weighted by Gasteiger charge is -2.37. The lowest BCUT2D eigenvalue weighted by Crippen LogP contribution is -2.46. The van der Waals surface area contributed by atoms with E-state index in [1.165, 1.54) is 0 Å². The molecule has 0 spiro atoms. The molecule has 0 aliphatic carbocycles. The molecule has 34 heavy (non-hydrogen) atoms. The number of hydrogen-bond donors (Lipinski definition) is 1. The van der Waals surface area contributed by atoms with Crippen LogP contribution in [0, 0.1) is 0 Å². The predicted molar refractivity (Wildman–Crippen MR) is 130 cm³/mol. The van der Waals surface area contributed by atoms with Gasteiger partial charge in [-0.2, -0.15) is 4.98 Å². The molecule has 1 aromatic carbocycles. The molecule has 2 fully saturated rings. The van der Waals surface area contributed by atoms with Crippen molar-refractivity contribution in [2.45, 2.75) is 32.5 Å². The van der Waals surface area contributed by atoms with Crippen LogP contribution in [0.4, 0.5) is 11.8 Å². The van der Waals surface area contributed by atoms with Crippen LogP contribution in [0.3, 0.4) is 0 Å². The number of pyridine rings is 1. The Hall–Kier alpha value is -3.01. The number of hydrogen-bond acceptors (Lipinski definition) is 9. The van der Waals surface area contributed by atoms with E-state index in [-0.39, 0.29) is 18.7 Å². The molecule has 0 bridgehead atoms. The fourth-order valence-corrected chi connectivity index (χ4v) is 4.63. The van der Waals surface area contributed by atoms with Gasteiger partial charge >= 0.3 is 0 Å². The molecule has 2 atom stereocenters. The molecule has 2 aliphatic rings. The van der Waals surface area contributed by atoms with E-state index in [9.17, 15) is 5.11 Å². The van der Waals surface area contributed by atoms with E-state index in [0.717, 1.165) is 46.6 Å². The average molecular weight is 466 g/mol. The molecule has 1 N–H and O–H groups in total. The Kier molecular flexibility index (Phi) is 6.49. The van der Waals surface area contributed by atoms with Crippen molar-refractivity contribution in [1.82, 2.24) is 15.0 Å². The van der Waals surface area contributed by atoms with Gasteiger partial charge in [0.25, 0.3) is 0 Å². The van der Waals surface area contributed by atoms with Crippen molar-refractivity contribution in [3.8, 4) is 17.0 Å². The van der Waals surface area contributed by atoms with Crippen molar-refractivity contribution in [3.05, 3.63) is 36.0 Å². The Labute approximate surface area is 199 Å². The summed E-state index contributed by atoms with van der Waals surface area (Å²) in [6.45, 7) is 8.34. The number of rotatable bonds is 5. The van der Waals surface area contributed by atoms with Gasteiger partial charge in [-0.3, -0.25) is 4.98 Å². The maximum atomic E-state index is 9.75. The third kappa shape index (κ3) is 4.26. The minimum absolute atomic E-state index is 0.106. The van der Waals surface area contributed by atoms with Gasteiger partial charge < -0.3 is 29.1 Å². The summed E-state index contributed by atoms with van der Waals surface area (Å²) in [5, 5.41) is 10.7. The lowest BCUT2D eigenvalue weighted by molar-refractivity contribution is 0.0973. The first-order chi connectivity index (χ1) is 16.6. The van der Waals surface area contributed by atoms with Crippen molar-refractivity contribution in [3.63, 3.8) is 0 Å². The number of aliphatic hydroxyl groups excluding tert-OH is 1. The summed E-state index contributed by atoms with van der Waals surface area (Å²) in [6.07, 6.45) is 1.86.